The molecular formula is C29H33N3O3. The van der Waals surface area contributed by atoms with Crippen molar-refractivity contribution in [2.75, 3.05) is 0 Å². The van der Waals surface area contributed by atoms with Gasteiger partial charge in [0.25, 0.3) is 5.91 Å². The second kappa shape index (κ2) is 7.67. The SMILES string of the molecule is Cc1ccc(C23CC4CC(CC(C(=O)NCc5ccc(C6(C)NC(=O)NC6=O)cc5)(C4)C2)C3)cc1. The van der Waals surface area contributed by atoms with E-state index in [0.29, 0.717) is 18.4 Å². The molecule has 5 fully saturated rings. The molecule has 6 nitrogen and oxygen atoms in total. The highest BCUT2D eigenvalue weighted by Crippen LogP contribution is 2.65. The van der Waals surface area contributed by atoms with Gasteiger partial charge in [0.05, 0.1) is 5.41 Å². The van der Waals surface area contributed by atoms with Gasteiger partial charge in [-0.15, -0.1) is 0 Å². The average molecular weight is 472 g/mol. The first kappa shape index (κ1) is 22.3. The lowest BCUT2D eigenvalue weighted by Crippen LogP contribution is -2.59. The maximum Gasteiger partial charge on any atom is 0.322 e. The minimum atomic E-state index is -1.07. The molecule has 4 amide bonds. The van der Waals surface area contributed by atoms with Crippen LogP contribution in [-0.2, 0) is 27.1 Å². The van der Waals surface area contributed by atoms with Crippen LogP contribution in [0, 0.1) is 24.2 Å². The molecule has 0 radical (unpaired) electrons. The van der Waals surface area contributed by atoms with E-state index in [2.05, 4.69) is 47.1 Å². The normalized spacial score (nSPS) is 35.0. The number of imide groups is 1. The van der Waals surface area contributed by atoms with Crippen LogP contribution in [0.25, 0.3) is 0 Å². The van der Waals surface area contributed by atoms with Crippen molar-refractivity contribution in [1.29, 1.82) is 0 Å². The van der Waals surface area contributed by atoms with E-state index in [0.717, 1.165) is 30.4 Å². The molecule has 3 atom stereocenters. The van der Waals surface area contributed by atoms with Crippen LogP contribution in [0.15, 0.2) is 48.5 Å². The molecule has 4 aliphatic carbocycles. The highest BCUT2D eigenvalue weighted by molar-refractivity contribution is 6.07. The van der Waals surface area contributed by atoms with Crippen molar-refractivity contribution >= 4 is 17.8 Å². The fraction of sp³-hybridized carbons (Fsp3) is 0.483. The van der Waals surface area contributed by atoms with Gasteiger partial charge in [-0.2, -0.15) is 0 Å². The Morgan fingerprint density at radius 1 is 0.943 bits per heavy atom. The fourth-order valence-electron chi connectivity index (χ4n) is 7.85. The lowest BCUT2D eigenvalue weighted by atomic mass is 9.42. The predicted molar refractivity (Wildman–Crippen MR) is 132 cm³/mol. The van der Waals surface area contributed by atoms with E-state index in [4.69, 9.17) is 0 Å². The van der Waals surface area contributed by atoms with Gasteiger partial charge in [-0.1, -0.05) is 54.1 Å². The topological polar surface area (TPSA) is 87.3 Å². The van der Waals surface area contributed by atoms with Gasteiger partial charge in [-0.3, -0.25) is 14.9 Å². The smallest absolute Gasteiger partial charge is 0.322 e. The molecule has 35 heavy (non-hydrogen) atoms. The summed E-state index contributed by atoms with van der Waals surface area (Å²) in [6.45, 7) is 4.29. The molecule has 2 aromatic carbocycles. The van der Waals surface area contributed by atoms with Crippen molar-refractivity contribution in [3.8, 4) is 0 Å². The molecule has 7 rings (SSSR count). The Balaban J connectivity index is 1.17. The molecule has 5 aliphatic rings. The Kier molecular flexibility index (Phi) is 4.89. The molecular weight excluding hydrogens is 438 g/mol. The van der Waals surface area contributed by atoms with Crippen molar-refractivity contribution in [1.82, 2.24) is 16.0 Å². The molecule has 4 saturated carbocycles. The Hall–Kier alpha value is -3.15. The van der Waals surface area contributed by atoms with E-state index >= 15 is 0 Å². The first-order chi connectivity index (χ1) is 16.7. The van der Waals surface area contributed by atoms with E-state index in [9.17, 15) is 14.4 Å². The summed E-state index contributed by atoms with van der Waals surface area (Å²) in [6, 6.07) is 16.1. The van der Waals surface area contributed by atoms with Crippen molar-refractivity contribution < 1.29 is 14.4 Å². The number of hydrogen-bond donors (Lipinski definition) is 3. The lowest BCUT2D eigenvalue weighted by Gasteiger charge is -2.61. The molecule has 182 valence electrons. The van der Waals surface area contributed by atoms with Crippen LogP contribution in [-0.4, -0.2) is 17.8 Å². The minimum Gasteiger partial charge on any atom is -0.352 e. The number of nitrogens with one attached hydrogen (secondary N) is 3. The zero-order chi connectivity index (χ0) is 24.4. The van der Waals surface area contributed by atoms with E-state index < -0.39 is 11.6 Å². The van der Waals surface area contributed by atoms with Crippen LogP contribution >= 0.6 is 0 Å². The number of urea groups is 1. The van der Waals surface area contributed by atoms with Gasteiger partial charge in [0.2, 0.25) is 5.91 Å². The van der Waals surface area contributed by atoms with Crippen LogP contribution in [0.2, 0.25) is 0 Å². The third kappa shape index (κ3) is 3.57. The average Bonchev–Trinajstić information content (AvgIpc) is 3.09. The summed E-state index contributed by atoms with van der Waals surface area (Å²) in [6.07, 6.45) is 6.67. The Morgan fingerprint density at radius 3 is 2.17 bits per heavy atom. The first-order valence-electron chi connectivity index (χ1n) is 12.8. The maximum absolute atomic E-state index is 13.7. The van der Waals surface area contributed by atoms with E-state index in [-0.39, 0.29) is 22.6 Å². The van der Waals surface area contributed by atoms with Gasteiger partial charge >= 0.3 is 6.03 Å². The summed E-state index contributed by atoms with van der Waals surface area (Å²) in [5.41, 5.74) is 3.20. The monoisotopic (exact) mass is 471 g/mol. The van der Waals surface area contributed by atoms with Crippen LogP contribution in [0.4, 0.5) is 4.79 Å². The second-order valence-electron chi connectivity index (χ2n) is 11.8. The van der Waals surface area contributed by atoms with Gasteiger partial charge in [-0.05, 0) is 86.3 Å². The standard InChI is InChI=1S/C29H33N3O3/c1-18-3-7-23(8-4-18)28-12-20-11-21(13-28)15-29(14-20,17-28)25(34)30-16-19-5-9-22(10-6-19)27(2)24(33)31-26(35)32-27/h3-10,20-21H,11-17H2,1-2H3,(H,30,34)(H2,31,32,33,35). The van der Waals surface area contributed by atoms with Gasteiger partial charge in [-0.25, -0.2) is 4.79 Å². The number of carbonyl (C=O) groups is 3. The molecule has 1 heterocycles. The van der Waals surface area contributed by atoms with Crippen LogP contribution in [0.3, 0.4) is 0 Å². The zero-order valence-electron chi connectivity index (χ0n) is 20.4. The molecule has 4 bridgehead atoms. The van der Waals surface area contributed by atoms with Crippen LogP contribution < -0.4 is 16.0 Å². The van der Waals surface area contributed by atoms with Crippen molar-refractivity contribution in [3.63, 3.8) is 0 Å². The van der Waals surface area contributed by atoms with Crippen molar-refractivity contribution in [2.45, 2.75) is 69.9 Å². The predicted octanol–water partition coefficient (Wildman–Crippen LogP) is 4.20. The number of aryl methyl sites for hydroxylation is 1. The van der Waals surface area contributed by atoms with E-state index in [1.54, 1.807) is 6.92 Å². The van der Waals surface area contributed by atoms with Gasteiger partial charge < -0.3 is 10.6 Å². The molecule has 3 unspecified atom stereocenters. The molecule has 1 aliphatic heterocycles. The van der Waals surface area contributed by atoms with Gasteiger partial charge in [0.15, 0.2) is 0 Å². The summed E-state index contributed by atoms with van der Waals surface area (Å²) in [4.78, 5) is 37.5. The van der Waals surface area contributed by atoms with Gasteiger partial charge in [0, 0.05) is 6.54 Å². The quantitative estimate of drug-likeness (QED) is 0.571. The molecule has 3 N–H and O–H groups in total. The molecule has 2 aromatic rings. The minimum absolute atomic E-state index is 0.137. The van der Waals surface area contributed by atoms with E-state index in [1.807, 2.05) is 24.3 Å². The third-order valence-corrected chi connectivity index (χ3v) is 9.24. The third-order valence-electron chi connectivity index (χ3n) is 9.24. The second-order valence-corrected chi connectivity index (χ2v) is 11.8. The number of benzene rings is 2. The molecule has 6 heteroatoms. The number of rotatable bonds is 5. The highest BCUT2D eigenvalue weighted by Gasteiger charge is 2.60. The van der Waals surface area contributed by atoms with Crippen LogP contribution in [0.1, 0.15) is 67.7 Å². The largest absolute Gasteiger partial charge is 0.352 e. The molecule has 1 saturated heterocycles. The number of hydrogen-bond acceptors (Lipinski definition) is 3. The fourth-order valence-corrected chi connectivity index (χ4v) is 7.85. The van der Waals surface area contributed by atoms with E-state index in [1.165, 1.54) is 30.4 Å². The molecule has 0 spiro atoms. The summed E-state index contributed by atoms with van der Waals surface area (Å²) in [7, 11) is 0. The first-order valence-corrected chi connectivity index (χ1v) is 12.8. The summed E-state index contributed by atoms with van der Waals surface area (Å²) < 4.78 is 0. The number of carbonyl (C=O) groups excluding carboxylic acids is 3. The lowest BCUT2D eigenvalue weighted by molar-refractivity contribution is -0.149. The maximum atomic E-state index is 13.7. The summed E-state index contributed by atoms with van der Waals surface area (Å²) >= 11 is 0. The Morgan fingerprint density at radius 2 is 1.57 bits per heavy atom. The zero-order valence-corrected chi connectivity index (χ0v) is 20.4. The Bertz CT molecular complexity index is 1190. The Labute approximate surface area is 206 Å². The summed E-state index contributed by atoms with van der Waals surface area (Å²) in [5.74, 6) is 1.11. The van der Waals surface area contributed by atoms with Crippen molar-refractivity contribution in [2.24, 2.45) is 17.3 Å². The van der Waals surface area contributed by atoms with Crippen molar-refractivity contribution in [3.05, 3.63) is 70.8 Å². The highest BCUT2D eigenvalue weighted by atomic mass is 16.2. The van der Waals surface area contributed by atoms with Gasteiger partial charge in [0.1, 0.15) is 5.54 Å². The number of amides is 4. The molecule has 0 aromatic heterocycles. The summed E-state index contributed by atoms with van der Waals surface area (Å²) in [5, 5.41) is 8.25. The van der Waals surface area contributed by atoms with Crippen LogP contribution in [0.5, 0.6) is 0 Å².